The molecule has 0 radical (unpaired) electrons. The summed E-state index contributed by atoms with van der Waals surface area (Å²) in [4.78, 5) is 22.4. The van der Waals surface area contributed by atoms with Crippen molar-refractivity contribution in [2.24, 2.45) is 0 Å². The van der Waals surface area contributed by atoms with Crippen molar-refractivity contribution in [2.75, 3.05) is 18.5 Å². The van der Waals surface area contributed by atoms with Crippen LogP contribution in [0.25, 0.3) is 0 Å². The van der Waals surface area contributed by atoms with E-state index in [2.05, 4.69) is 10.6 Å². The van der Waals surface area contributed by atoms with Crippen LogP contribution < -0.4 is 10.6 Å². The Morgan fingerprint density at radius 1 is 1.25 bits per heavy atom. The largest absolute Gasteiger partial charge is 0.395 e. The van der Waals surface area contributed by atoms with Crippen molar-refractivity contribution in [1.29, 1.82) is 0 Å². The highest BCUT2D eigenvalue weighted by Gasteiger charge is 2.11. The van der Waals surface area contributed by atoms with Gasteiger partial charge in [-0.3, -0.25) is 14.9 Å². The minimum atomic E-state index is -0.398. The van der Waals surface area contributed by atoms with Crippen molar-refractivity contribution in [3.8, 4) is 0 Å². The van der Waals surface area contributed by atoms with Crippen molar-refractivity contribution in [3.05, 3.63) is 69.3 Å². The van der Waals surface area contributed by atoms with E-state index in [0.717, 1.165) is 11.3 Å². The van der Waals surface area contributed by atoms with Crippen LogP contribution in [0, 0.1) is 17.0 Å². The molecule has 0 spiro atoms. The molecule has 0 aromatic heterocycles. The van der Waals surface area contributed by atoms with Crippen LogP contribution in [0.1, 0.15) is 21.5 Å². The zero-order chi connectivity index (χ0) is 17.5. The van der Waals surface area contributed by atoms with Gasteiger partial charge in [-0.15, -0.1) is 0 Å². The fourth-order valence-electron chi connectivity index (χ4n) is 2.21. The molecule has 7 nitrogen and oxygen atoms in total. The average Bonchev–Trinajstić information content (AvgIpc) is 2.59. The van der Waals surface area contributed by atoms with E-state index in [4.69, 9.17) is 5.11 Å². The molecule has 2 aromatic carbocycles. The average molecular weight is 329 g/mol. The van der Waals surface area contributed by atoms with E-state index >= 15 is 0 Å². The quantitative estimate of drug-likeness (QED) is 0.534. The standard InChI is InChI=1S/C17H19N3O4/c1-12-5-6-13(9-16(12)20(23)24)11-19-15-4-2-3-14(10-15)17(22)18-7-8-21/h2-6,9-10,19,21H,7-8,11H2,1H3,(H,18,22). The summed E-state index contributed by atoms with van der Waals surface area (Å²) in [6.45, 7) is 2.19. The number of aliphatic hydroxyl groups excluding tert-OH is 1. The lowest BCUT2D eigenvalue weighted by molar-refractivity contribution is -0.385. The molecule has 7 heteroatoms. The summed E-state index contributed by atoms with van der Waals surface area (Å²) in [6, 6.07) is 12.0. The fraction of sp³-hybridized carbons (Fsp3) is 0.235. The molecule has 0 aliphatic heterocycles. The topological polar surface area (TPSA) is 104 Å². The molecule has 3 N–H and O–H groups in total. The molecule has 0 saturated carbocycles. The van der Waals surface area contributed by atoms with Gasteiger partial charge in [0.25, 0.3) is 11.6 Å². The van der Waals surface area contributed by atoms with Gasteiger partial charge in [0.05, 0.1) is 11.5 Å². The first-order valence-corrected chi connectivity index (χ1v) is 7.48. The number of aliphatic hydroxyl groups is 1. The van der Waals surface area contributed by atoms with E-state index in [1.54, 1.807) is 37.3 Å². The molecule has 0 saturated heterocycles. The van der Waals surface area contributed by atoms with E-state index < -0.39 is 4.92 Å². The summed E-state index contributed by atoms with van der Waals surface area (Å²) < 4.78 is 0. The zero-order valence-electron chi connectivity index (χ0n) is 13.3. The van der Waals surface area contributed by atoms with Crippen LogP contribution in [-0.4, -0.2) is 29.1 Å². The maximum absolute atomic E-state index is 11.9. The second-order valence-corrected chi connectivity index (χ2v) is 5.29. The minimum Gasteiger partial charge on any atom is -0.395 e. The minimum absolute atomic E-state index is 0.0893. The van der Waals surface area contributed by atoms with E-state index in [9.17, 15) is 14.9 Å². The van der Waals surface area contributed by atoms with Crippen molar-refractivity contribution in [1.82, 2.24) is 5.32 Å². The van der Waals surface area contributed by atoms with Gasteiger partial charge in [-0.05, 0) is 30.7 Å². The van der Waals surface area contributed by atoms with Gasteiger partial charge in [-0.2, -0.15) is 0 Å². The summed E-state index contributed by atoms with van der Waals surface area (Å²) >= 11 is 0. The Morgan fingerprint density at radius 2 is 2.04 bits per heavy atom. The maximum Gasteiger partial charge on any atom is 0.272 e. The van der Waals surface area contributed by atoms with Gasteiger partial charge >= 0.3 is 0 Å². The van der Waals surface area contributed by atoms with E-state index in [1.807, 2.05) is 12.1 Å². The Kier molecular flexibility index (Phi) is 5.86. The highest BCUT2D eigenvalue weighted by atomic mass is 16.6. The lowest BCUT2D eigenvalue weighted by Gasteiger charge is -2.09. The predicted octanol–water partition coefficient (Wildman–Crippen LogP) is 2.24. The third-order valence-electron chi connectivity index (χ3n) is 3.49. The van der Waals surface area contributed by atoms with Crippen LogP contribution in [0.4, 0.5) is 11.4 Å². The molecule has 0 bridgehead atoms. The molecule has 0 heterocycles. The maximum atomic E-state index is 11.9. The van der Waals surface area contributed by atoms with Crippen LogP contribution in [0.5, 0.6) is 0 Å². The molecular formula is C17H19N3O4. The first-order valence-electron chi connectivity index (χ1n) is 7.48. The molecule has 0 atom stereocenters. The van der Waals surface area contributed by atoms with Crippen LogP contribution in [0.15, 0.2) is 42.5 Å². The van der Waals surface area contributed by atoms with Crippen LogP contribution in [0.2, 0.25) is 0 Å². The Hall–Kier alpha value is -2.93. The second kappa shape index (κ2) is 8.07. The summed E-state index contributed by atoms with van der Waals surface area (Å²) in [6.07, 6.45) is 0. The third-order valence-corrected chi connectivity index (χ3v) is 3.49. The summed E-state index contributed by atoms with van der Waals surface area (Å²) in [5.41, 5.74) is 2.69. The van der Waals surface area contributed by atoms with Gasteiger partial charge in [0.1, 0.15) is 0 Å². The molecular weight excluding hydrogens is 310 g/mol. The lowest BCUT2D eigenvalue weighted by atomic mass is 10.1. The number of carbonyl (C=O) groups is 1. The number of anilines is 1. The number of nitro groups is 1. The Balaban J connectivity index is 2.06. The summed E-state index contributed by atoms with van der Waals surface area (Å²) in [5, 5.41) is 25.4. The van der Waals surface area contributed by atoms with Crippen molar-refractivity contribution in [3.63, 3.8) is 0 Å². The van der Waals surface area contributed by atoms with E-state index in [1.165, 1.54) is 0 Å². The fourth-order valence-corrected chi connectivity index (χ4v) is 2.21. The molecule has 0 unspecified atom stereocenters. The molecule has 0 aliphatic carbocycles. The summed E-state index contributed by atoms with van der Waals surface area (Å²) in [5.74, 6) is -0.265. The molecule has 0 aliphatic rings. The highest BCUT2D eigenvalue weighted by Crippen LogP contribution is 2.20. The van der Waals surface area contributed by atoms with Gasteiger partial charge in [-0.1, -0.05) is 18.2 Å². The molecule has 0 fully saturated rings. The van der Waals surface area contributed by atoms with Gasteiger partial charge in [0.15, 0.2) is 0 Å². The van der Waals surface area contributed by atoms with Gasteiger partial charge in [-0.25, -0.2) is 0 Å². The third kappa shape index (κ3) is 4.53. The normalized spacial score (nSPS) is 10.2. The lowest BCUT2D eigenvalue weighted by Crippen LogP contribution is -2.26. The van der Waals surface area contributed by atoms with Crippen molar-refractivity contribution in [2.45, 2.75) is 13.5 Å². The number of aryl methyl sites for hydroxylation is 1. The number of benzene rings is 2. The molecule has 24 heavy (non-hydrogen) atoms. The van der Waals surface area contributed by atoms with Crippen molar-refractivity contribution >= 4 is 17.3 Å². The van der Waals surface area contributed by atoms with E-state index in [0.29, 0.717) is 17.7 Å². The van der Waals surface area contributed by atoms with Gasteiger partial charge in [0, 0.05) is 36.0 Å². The van der Waals surface area contributed by atoms with Crippen LogP contribution >= 0.6 is 0 Å². The number of nitro benzene ring substituents is 1. The number of hydrogen-bond donors (Lipinski definition) is 3. The number of hydrogen-bond acceptors (Lipinski definition) is 5. The smallest absolute Gasteiger partial charge is 0.272 e. The number of nitrogens with zero attached hydrogens (tertiary/aromatic N) is 1. The highest BCUT2D eigenvalue weighted by molar-refractivity contribution is 5.95. The molecule has 2 aromatic rings. The Morgan fingerprint density at radius 3 is 2.75 bits per heavy atom. The second-order valence-electron chi connectivity index (χ2n) is 5.29. The number of amides is 1. The van der Waals surface area contributed by atoms with Crippen LogP contribution in [0.3, 0.4) is 0 Å². The number of nitrogens with one attached hydrogen (secondary N) is 2. The zero-order valence-corrected chi connectivity index (χ0v) is 13.3. The number of rotatable bonds is 7. The Bertz CT molecular complexity index is 746. The van der Waals surface area contributed by atoms with Crippen LogP contribution in [-0.2, 0) is 6.54 Å². The molecule has 126 valence electrons. The monoisotopic (exact) mass is 329 g/mol. The van der Waals surface area contributed by atoms with E-state index in [-0.39, 0.29) is 24.7 Å². The van der Waals surface area contributed by atoms with Gasteiger partial charge in [0.2, 0.25) is 0 Å². The first kappa shape index (κ1) is 17.4. The number of carbonyl (C=O) groups excluding carboxylic acids is 1. The first-order chi connectivity index (χ1) is 11.5. The van der Waals surface area contributed by atoms with Gasteiger partial charge < -0.3 is 15.7 Å². The SMILES string of the molecule is Cc1ccc(CNc2cccc(C(=O)NCCO)c2)cc1[N+](=O)[O-]. The molecule has 2 rings (SSSR count). The van der Waals surface area contributed by atoms with Crippen molar-refractivity contribution < 1.29 is 14.8 Å². The summed E-state index contributed by atoms with van der Waals surface area (Å²) in [7, 11) is 0. The molecule has 1 amide bonds. The Labute approximate surface area is 139 Å². The predicted molar refractivity (Wildman–Crippen MR) is 91.0 cm³/mol.